The molecule has 0 aromatic rings. The lowest BCUT2D eigenvalue weighted by molar-refractivity contribution is -0.143. The predicted octanol–water partition coefficient (Wildman–Crippen LogP) is 0.834. The molecule has 0 radical (unpaired) electrons. The first-order valence-electron chi connectivity index (χ1n) is 7.41. The lowest BCUT2D eigenvalue weighted by Crippen LogP contribution is -2.53. The number of hydrogen-bond donors (Lipinski definition) is 2. The summed E-state index contributed by atoms with van der Waals surface area (Å²) in [5.74, 6) is -0.153. The Morgan fingerprint density at radius 2 is 1.80 bits per heavy atom. The van der Waals surface area contributed by atoms with Gasteiger partial charge in [-0.15, -0.1) is 0 Å². The van der Waals surface area contributed by atoms with Gasteiger partial charge in [-0.3, -0.25) is 9.69 Å². The van der Waals surface area contributed by atoms with Crippen molar-refractivity contribution in [3.05, 3.63) is 0 Å². The van der Waals surface area contributed by atoms with Gasteiger partial charge in [0, 0.05) is 39.3 Å². The standard InChI is InChI=1S/C14H25N3O3/c1-11(2)9-16-5-7-17(8-6-16)13(20)15-10-14(3-4-14)12(18)19/h11H,3-10H2,1-2H3,(H,15,20)(H,18,19). The molecular weight excluding hydrogens is 258 g/mol. The molecule has 1 aliphatic heterocycles. The van der Waals surface area contributed by atoms with E-state index in [1.54, 1.807) is 4.90 Å². The van der Waals surface area contributed by atoms with Crippen molar-refractivity contribution in [1.29, 1.82) is 0 Å². The molecule has 0 spiro atoms. The summed E-state index contributed by atoms with van der Waals surface area (Å²) < 4.78 is 0. The molecule has 0 aromatic heterocycles. The highest BCUT2D eigenvalue weighted by molar-refractivity contribution is 5.80. The molecular formula is C14H25N3O3. The maximum absolute atomic E-state index is 12.0. The summed E-state index contributed by atoms with van der Waals surface area (Å²) in [6.07, 6.45) is 1.34. The van der Waals surface area contributed by atoms with E-state index >= 15 is 0 Å². The predicted molar refractivity (Wildman–Crippen MR) is 75.6 cm³/mol. The monoisotopic (exact) mass is 283 g/mol. The zero-order chi connectivity index (χ0) is 14.8. The fourth-order valence-electron chi connectivity index (χ4n) is 2.62. The fourth-order valence-corrected chi connectivity index (χ4v) is 2.62. The summed E-state index contributed by atoms with van der Waals surface area (Å²) >= 11 is 0. The summed E-state index contributed by atoms with van der Waals surface area (Å²) in [6.45, 7) is 8.95. The molecule has 2 amide bonds. The second kappa shape index (κ2) is 5.99. The number of urea groups is 1. The summed E-state index contributed by atoms with van der Waals surface area (Å²) in [5.41, 5.74) is -0.685. The van der Waals surface area contributed by atoms with E-state index in [1.165, 1.54) is 0 Å². The Kier molecular flexibility index (Phi) is 4.52. The first-order chi connectivity index (χ1) is 9.43. The third kappa shape index (κ3) is 3.62. The highest BCUT2D eigenvalue weighted by atomic mass is 16.4. The second-order valence-corrected chi connectivity index (χ2v) is 6.43. The summed E-state index contributed by atoms with van der Waals surface area (Å²) in [6, 6.07) is -0.123. The summed E-state index contributed by atoms with van der Waals surface area (Å²) in [5, 5.41) is 11.9. The van der Waals surface area contributed by atoms with Crippen LogP contribution >= 0.6 is 0 Å². The average Bonchev–Trinajstić information content (AvgIpc) is 3.17. The van der Waals surface area contributed by atoms with Gasteiger partial charge in [0.2, 0.25) is 0 Å². The maximum Gasteiger partial charge on any atom is 0.317 e. The van der Waals surface area contributed by atoms with Crippen LogP contribution in [0.2, 0.25) is 0 Å². The highest BCUT2D eigenvalue weighted by Gasteiger charge is 2.50. The molecule has 1 saturated heterocycles. The van der Waals surface area contributed by atoms with Gasteiger partial charge < -0.3 is 15.3 Å². The number of aliphatic carboxylic acids is 1. The zero-order valence-electron chi connectivity index (χ0n) is 12.4. The van der Waals surface area contributed by atoms with Gasteiger partial charge in [0.05, 0.1) is 5.41 Å². The quantitative estimate of drug-likeness (QED) is 0.784. The van der Waals surface area contributed by atoms with Crippen LogP contribution < -0.4 is 5.32 Å². The van der Waals surface area contributed by atoms with Crippen molar-refractivity contribution in [3.8, 4) is 0 Å². The molecule has 2 N–H and O–H groups in total. The largest absolute Gasteiger partial charge is 0.481 e. The van der Waals surface area contributed by atoms with Gasteiger partial charge in [-0.05, 0) is 18.8 Å². The molecule has 6 heteroatoms. The Balaban J connectivity index is 1.71. The van der Waals surface area contributed by atoms with Gasteiger partial charge in [0.1, 0.15) is 0 Å². The Hall–Kier alpha value is -1.30. The minimum Gasteiger partial charge on any atom is -0.481 e. The Morgan fingerprint density at radius 3 is 2.25 bits per heavy atom. The number of nitrogens with zero attached hydrogens (tertiary/aromatic N) is 2. The van der Waals surface area contributed by atoms with Crippen molar-refractivity contribution in [2.45, 2.75) is 26.7 Å². The smallest absolute Gasteiger partial charge is 0.317 e. The maximum atomic E-state index is 12.0. The van der Waals surface area contributed by atoms with Crippen LogP contribution in [0.5, 0.6) is 0 Å². The average molecular weight is 283 g/mol. The third-order valence-electron chi connectivity index (χ3n) is 4.17. The van der Waals surface area contributed by atoms with Crippen LogP contribution in [0.25, 0.3) is 0 Å². The minimum absolute atomic E-state index is 0.123. The molecule has 0 atom stereocenters. The Morgan fingerprint density at radius 1 is 1.20 bits per heavy atom. The SMILES string of the molecule is CC(C)CN1CCN(C(=O)NCC2(C(=O)O)CC2)CC1. The van der Waals surface area contributed by atoms with E-state index in [9.17, 15) is 9.59 Å². The number of amides is 2. The van der Waals surface area contributed by atoms with E-state index < -0.39 is 11.4 Å². The van der Waals surface area contributed by atoms with Crippen LogP contribution in [-0.4, -0.2) is 66.2 Å². The molecule has 0 unspecified atom stereocenters. The molecule has 0 bridgehead atoms. The van der Waals surface area contributed by atoms with Gasteiger partial charge >= 0.3 is 12.0 Å². The van der Waals surface area contributed by atoms with Crippen LogP contribution in [-0.2, 0) is 4.79 Å². The molecule has 1 aliphatic carbocycles. The molecule has 1 saturated carbocycles. The van der Waals surface area contributed by atoms with Gasteiger partial charge in [0.25, 0.3) is 0 Å². The lowest BCUT2D eigenvalue weighted by Gasteiger charge is -2.35. The third-order valence-corrected chi connectivity index (χ3v) is 4.17. The highest BCUT2D eigenvalue weighted by Crippen LogP contribution is 2.45. The minimum atomic E-state index is -0.792. The molecule has 6 nitrogen and oxygen atoms in total. The Bertz CT molecular complexity index is 372. The van der Waals surface area contributed by atoms with Crippen molar-refractivity contribution >= 4 is 12.0 Å². The summed E-state index contributed by atoms with van der Waals surface area (Å²) in [7, 11) is 0. The normalized spacial score (nSPS) is 21.9. The Labute approximate surface area is 120 Å². The van der Waals surface area contributed by atoms with E-state index in [0.717, 1.165) is 32.7 Å². The molecule has 0 aromatic carbocycles. The van der Waals surface area contributed by atoms with Gasteiger partial charge in [0.15, 0.2) is 0 Å². The molecule has 114 valence electrons. The van der Waals surface area contributed by atoms with Crippen molar-refractivity contribution in [2.75, 3.05) is 39.3 Å². The van der Waals surface area contributed by atoms with Crippen LogP contribution in [0.15, 0.2) is 0 Å². The number of carbonyl (C=O) groups is 2. The van der Waals surface area contributed by atoms with Crippen LogP contribution in [0, 0.1) is 11.3 Å². The second-order valence-electron chi connectivity index (χ2n) is 6.43. The van der Waals surface area contributed by atoms with Crippen molar-refractivity contribution in [2.24, 2.45) is 11.3 Å². The number of carbonyl (C=O) groups excluding carboxylic acids is 1. The van der Waals surface area contributed by atoms with E-state index in [4.69, 9.17) is 5.11 Å². The lowest BCUT2D eigenvalue weighted by atomic mass is 10.1. The number of rotatable bonds is 5. The van der Waals surface area contributed by atoms with E-state index in [2.05, 4.69) is 24.1 Å². The fraction of sp³-hybridized carbons (Fsp3) is 0.857. The molecule has 1 heterocycles. The zero-order valence-corrected chi connectivity index (χ0v) is 12.4. The molecule has 2 fully saturated rings. The molecule has 20 heavy (non-hydrogen) atoms. The van der Waals surface area contributed by atoms with E-state index in [0.29, 0.717) is 18.8 Å². The number of piperazine rings is 1. The van der Waals surface area contributed by atoms with Gasteiger partial charge in [-0.1, -0.05) is 13.8 Å². The number of nitrogens with one attached hydrogen (secondary N) is 1. The van der Waals surface area contributed by atoms with E-state index in [-0.39, 0.29) is 12.6 Å². The summed E-state index contributed by atoms with van der Waals surface area (Å²) in [4.78, 5) is 27.2. The number of hydrogen-bond acceptors (Lipinski definition) is 3. The number of carboxylic acid groups (broad SMARTS) is 1. The van der Waals surface area contributed by atoms with Crippen molar-refractivity contribution < 1.29 is 14.7 Å². The molecule has 2 aliphatic rings. The topological polar surface area (TPSA) is 72.9 Å². The van der Waals surface area contributed by atoms with Crippen LogP contribution in [0.1, 0.15) is 26.7 Å². The van der Waals surface area contributed by atoms with Crippen LogP contribution in [0.4, 0.5) is 4.79 Å². The van der Waals surface area contributed by atoms with Crippen molar-refractivity contribution in [1.82, 2.24) is 15.1 Å². The first-order valence-corrected chi connectivity index (χ1v) is 7.41. The van der Waals surface area contributed by atoms with Crippen LogP contribution in [0.3, 0.4) is 0 Å². The van der Waals surface area contributed by atoms with Gasteiger partial charge in [-0.2, -0.15) is 0 Å². The number of carboxylic acids is 1. The van der Waals surface area contributed by atoms with E-state index in [1.807, 2.05) is 0 Å². The first kappa shape index (κ1) is 15.1. The van der Waals surface area contributed by atoms with Gasteiger partial charge in [-0.25, -0.2) is 4.79 Å². The van der Waals surface area contributed by atoms with Crippen molar-refractivity contribution in [3.63, 3.8) is 0 Å². The molecule has 2 rings (SSSR count).